The van der Waals surface area contributed by atoms with Crippen molar-refractivity contribution in [3.8, 4) is 0 Å². The molecule has 3 aromatic rings. The molecule has 1 saturated heterocycles. The van der Waals surface area contributed by atoms with Crippen molar-refractivity contribution in [1.29, 1.82) is 0 Å². The van der Waals surface area contributed by atoms with Gasteiger partial charge in [-0.15, -0.1) is 0 Å². The molecule has 0 amide bonds. The molecule has 1 aromatic carbocycles. The van der Waals surface area contributed by atoms with E-state index in [1.807, 2.05) is 12.3 Å². The van der Waals surface area contributed by atoms with E-state index in [1.165, 1.54) is 0 Å². The SMILES string of the molecule is CN(CC1CCCO1)c1nccc2cc(NC3=NCc4nccnc43)ccc12. The quantitative estimate of drug-likeness (QED) is 0.757. The van der Waals surface area contributed by atoms with Crippen LogP contribution in [0.3, 0.4) is 0 Å². The highest BCUT2D eigenvalue weighted by Gasteiger charge is 2.20. The lowest BCUT2D eigenvalue weighted by atomic mass is 10.1. The highest BCUT2D eigenvalue weighted by atomic mass is 16.5. The van der Waals surface area contributed by atoms with Crippen LogP contribution < -0.4 is 10.2 Å². The summed E-state index contributed by atoms with van der Waals surface area (Å²) in [5.74, 6) is 1.75. The van der Waals surface area contributed by atoms with Gasteiger partial charge in [0.1, 0.15) is 11.5 Å². The minimum Gasteiger partial charge on any atom is -0.376 e. The van der Waals surface area contributed by atoms with Crippen LogP contribution in [-0.2, 0) is 11.3 Å². The molecule has 1 unspecified atom stereocenters. The van der Waals surface area contributed by atoms with E-state index >= 15 is 0 Å². The molecule has 28 heavy (non-hydrogen) atoms. The zero-order valence-corrected chi connectivity index (χ0v) is 15.8. The van der Waals surface area contributed by atoms with Crippen molar-refractivity contribution in [2.24, 2.45) is 4.99 Å². The number of aromatic nitrogens is 3. The lowest BCUT2D eigenvalue weighted by Crippen LogP contribution is -2.29. The van der Waals surface area contributed by atoms with Gasteiger partial charge in [-0.3, -0.25) is 9.98 Å². The van der Waals surface area contributed by atoms with E-state index in [9.17, 15) is 0 Å². The molecule has 0 saturated carbocycles. The summed E-state index contributed by atoms with van der Waals surface area (Å²) >= 11 is 0. The number of rotatable bonds is 4. The van der Waals surface area contributed by atoms with Gasteiger partial charge in [-0.2, -0.15) is 0 Å². The van der Waals surface area contributed by atoms with E-state index < -0.39 is 0 Å². The third-order valence-corrected chi connectivity index (χ3v) is 5.25. The molecule has 4 heterocycles. The Bertz CT molecular complexity index is 1040. The number of aliphatic imine (C=N–C) groups is 1. The molecule has 5 rings (SSSR count). The van der Waals surface area contributed by atoms with Crippen LogP contribution in [-0.4, -0.2) is 47.1 Å². The summed E-state index contributed by atoms with van der Waals surface area (Å²) in [6.45, 7) is 2.30. The lowest BCUT2D eigenvalue weighted by molar-refractivity contribution is 0.116. The van der Waals surface area contributed by atoms with Crippen molar-refractivity contribution in [3.05, 3.63) is 54.2 Å². The van der Waals surface area contributed by atoms with E-state index in [1.54, 1.807) is 12.4 Å². The van der Waals surface area contributed by atoms with E-state index in [-0.39, 0.29) is 0 Å². The topological polar surface area (TPSA) is 75.5 Å². The first-order valence-electron chi connectivity index (χ1n) is 9.61. The van der Waals surface area contributed by atoms with E-state index in [0.717, 1.165) is 65.5 Å². The number of amidine groups is 1. The van der Waals surface area contributed by atoms with Gasteiger partial charge in [-0.05, 0) is 42.5 Å². The molecular weight excluding hydrogens is 352 g/mol. The molecule has 7 heteroatoms. The fourth-order valence-electron chi connectivity index (χ4n) is 3.87. The Morgan fingerprint density at radius 1 is 1.14 bits per heavy atom. The Morgan fingerprint density at radius 2 is 2.07 bits per heavy atom. The Hall–Kier alpha value is -3.06. The highest BCUT2D eigenvalue weighted by Crippen LogP contribution is 2.28. The van der Waals surface area contributed by atoms with E-state index in [4.69, 9.17) is 4.74 Å². The van der Waals surface area contributed by atoms with Crippen LogP contribution in [0, 0.1) is 0 Å². The molecule has 0 bridgehead atoms. The van der Waals surface area contributed by atoms with Crippen LogP contribution in [0.15, 0.2) is 47.8 Å². The number of nitrogens with zero attached hydrogens (tertiary/aromatic N) is 5. The van der Waals surface area contributed by atoms with Crippen LogP contribution >= 0.6 is 0 Å². The second-order valence-electron chi connectivity index (χ2n) is 7.23. The lowest BCUT2D eigenvalue weighted by Gasteiger charge is -2.23. The number of pyridine rings is 1. The van der Waals surface area contributed by atoms with Crippen molar-refractivity contribution in [3.63, 3.8) is 0 Å². The fraction of sp³-hybridized carbons (Fsp3) is 0.333. The van der Waals surface area contributed by atoms with Gasteiger partial charge in [0.2, 0.25) is 0 Å². The molecular formula is C21H22N6O. The molecule has 2 aliphatic heterocycles. The maximum absolute atomic E-state index is 5.78. The number of nitrogens with one attached hydrogen (secondary N) is 1. The monoisotopic (exact) mass is 374 g/mol. The summed E-state index contributed by atoms with van der Waals surface area (Å²) in [5.41, 5.74) is 2.71. The number of ether oxygens (including phenoxy) is 1. The molecule has 7 nitrogen and oxygen atoms in total. The third kappa shape index (κ3) is 3.18. The zero-order valence-electron chi connectivity index (χ0n) is 15.8. The number of fused-ring (bicyclic) bond motifs is 2. The number of likely N-dealkylation sites (N-methyl/N-ethyl adjacent to an activating group) is 1. The summed E-state index contributed by atoms with van der Waals surface area (Å²) in [4.78, 5) is 20.1. The van der Waals surface area contributed by atoms with Crippen LogP contribution in [0.1, 0.15) is 24.2 Å². The first-order valence-corrected chi connectivity index (χ1v) is 9.61. The van der Waals surface area contributed by atoms with Gasteiger partial charge in [0, 0.05) is 49.9 Å². The predicted molar refractivity (Wildman–Crippen MR) is 110 cm³/mol. The summed E-state index contributed by atoms with van der Waals surface area (Å²) in [5, 5.41) is 5.65. The van der Waals surface area contributed by atoms with Crippen molar-refractivity contribution < 1.29 is 4.74 Å². The second kappa shape index (κ2) is 7.16. The smallest absolute Gasteiger partial charge is 0.154 e. The molecule has 1 N–H and O–H groups in total. The molecule has 0 aliphatic carbocycles. The van der Waals surface area contributed by atoms with Crippen molar-refractivity contribution in [2.45, 2.75) is 25.5 Å². The van der Waals surface area contributed by atoms with Gasteiger partial charge in [0.15, 0.2) is 5.84 Å². The predicted octanol–water partition coefficient (Wildman–Crippen LogP) is 3.01. The number of hydrogen-bond donors (Lipinski definition) is 1. The standard InChI is InChI=1S/C21H22N6O/c1-27(13-16-3-2-10-28-16)21-17-5-4-15(11-14(17)6-7-24-21)26-20-19-18(12-25-20)22-8-9-23-19/h4-9,11,16H,2-3,10,12-13H2,1H3,(H,25,26). The van der Waals surface area contributed by atoms with Gasteiger partial charge in [0.25, 0.3) is 0 Å². The Morgan fingerprint density at radius 3 is 2.96 bits per heavy atom. The maximum atomic E-state index is 5.78. The minimum atomic E-state index is 0.296. The summed E-state index contributed by atoms with van der Waals surface area (Å²) in [7, 11) is 2.08. The van der Waals surface area contributed by atoms with Gasteiger partial charge in [-0.1, -0.05) is 0 Å². The van der Waals surface area contributed by atoms with Gasteiger partial charge in [0.05, 0.1) is 18.3 Å². The van der Waals surface area contributed by atoms with Crippen LogP contribution in [0.4, 0.5) is 11.5 Å². The summed E-state index contributed by atoms with van der Waals surface area (Å²) in [6, 6.07) is 8.33. The first kappa shape index (κ1) is 17.1. The minimum absolute atomic E-state index is 0.296. The van der Waals surface area contributed by atoms with Gasteiger partial charge in [-0.25, -0.2) is 9.97 Å². The summed E-state index contributed by atoms with van der Waals surface area (Å²) in [6.07, 6.45) is 7.83. The molecule has 2 aromatic heterocycles. The van der Waals surface area contributed by atoms with Gasteiger partial charge >= 0.3 is 0 Å². The Balaban J connectivity index is 1.40. The molecule has 1 fully saturated rings. The molecule has 1 atom stereocenters. The maximum Gasteiger partial charge on any atom is 0.154 e. The first-order chi connectivity index (χ1) is 13.8. The normalized spacial score (nSPS) is 18.2. The van der Waals surface area contributed by atoms with E-state index in [2.05, 4.69) is 55.4 Å². The van der Waals surface area contributed by atoms with Crippen molar-refractivity contribution in [2.75, 3.05) is 30.4 Å². The van der Waals surface area contributed by atoms with Crippen molar-refractivity contribution >= 4 is 28.1 Å². The van der Waals surface area contributed by atoms with Crippen LogP contribution in [0.5, 0.6) is 0 Å². The Kier molecular flexibility index (Phi) is 4.37. The molecule has 0 spiro atoms. The number of benzene rings is 1. The van der Waals surface area contributed by atoms with E-state index in [0.29, 0.717) is 12.6 Å². The van der Waals surface area contributed by atoms with Crippen molar-refractivity contribution in [1.82, 2.24) is 15.0 Å². The summed E-state index contributed by atoms with van der Waals surface area (Å²) < 4.78 is 5.78. The third-order valence-electron chi connectivity index (χ3n) is 5.25. The average Bonchev–Trinajstić information content (AvgIpc) is 3.38. The van der Waals surface area contributed by atoms with Gasteiger partial charge < -0.3 is 15.0 Å². The second-order valence-corrected chi connectivity index (χ2v) is 7.23. The Labute approximate surface area is 163 Å². The fourth-order valence-corrected chi connectivity index (χ4v) is 3.87. The number of anilines is 2. The van der Waals surface area contributed by atoms with Crippen LogP contribution in [0.2, 0.25) is 0 Å². The average molecular weight is 374 g/mol. The number of hydrogen-bond acceptors (Lipinski definition) is 7. The largest absolute Gasteiger partial charge is 0.376 e. The van der Waals surface area contributed by atoms with Crippen LogP contribution in [0.25, 0.3) is 10.8 Å². The molecule has 142 valence electrons. The molecule has 2 aliphatic rings. The molecule has 0 radical (unpaired) electrons. The zero-order chi connectivity index (χ0) is 18.9. The highest BCUT2D eigenvalue weighted by molar-refractivity contribution is 6.09.